The molecular weight excluding hydrogens is 220 g/mol. The second-order valence-corrected chi connectivity index (χ2v) is 4.24. The van der Waals surface area contributed by atoms with E-state index in [1.54, 1.807) is 38.1 Å². The highest BCUT2D eigenvalue weighted by atomic mass is 16.4. The van der Waals surface area contributed by atoms with E-state index >= 15 is 0 Å². The average molecular weight is 236 g/mol. The summed E-state index contributed by atoms with van der Waals surface area (Å²) in [5, 5.41) is 17.6. The van der Waals surface area contributed by atoms with Crippen LogP contribution in [0.3, 0.4) is 0 Å². The van der Waals surface area contributed by atoms with Crippen LogP contribution in [0.2, 0.25) is 0 Å². The van der Waals surface area contributed by atoms with Crippen molar-refractivity contribution in [2.75, 3.05) is 0 Å². The summed E-state index contributed by atoms with van der Waals surface area (Å²) in [5.41, 5.74) is 1.63. The van der Waals surface area contributed by atoms with E-state index in [2.05, 4.69) is 0 Å². The molecule has 92 valence electrons. The van der Waals surface area contributed by atoms with E-state index in [0.717, 1.165) is 11.1 Å². The van der Waals surface area contributed by atoms with Gasteiger partial charge in [0.2, 0.25) is 0 Å². The molecule has 1 aromatic rings. The van der Waals surface area contributed by atoms with Crippen LogP contribution in [-0.2, 0) is 16.0 Å². The normalized spacial score (nSPS) is 14.0. The number of hydrogen-bond acceptors (Lipinski definition) is 2. The smallest absolute Gasteiger partial charge is 0.310 e. The molecular formula is C13H16O4. The minimum atomic E-state index is -0.864. The summed E-state index contributed by atoms with van der Waals surface area (Å²) in [6, 6.07) is 7.05. The molecule has 0 amide bonds. The van der Waals surface area contributed by atoms with E-state index in [1.807, 2.05) is 0 Å². The molecule has 0 aliphatic heterocycles. The Kier molecular flexibility index (Phi) is 4.26. The van der Waals surface area contributed by atoms with E-state index in [4.69, 9.17) is 10.2 Å². The van der Waals surface area contributed by atoms with Crippen LogP contribution in [0.25, 0.3) is 0 Å². The summed E-state index contributed by atoms with van der Waals surface area (Å²) in [7, 11) is 0. The fourth-order valence-corrected chi connectivity index (χ4v) is 1.53. The molecule has 0 bridgehead atoms. The lowest BCUT2D eigenvalue weighted by Gasteiger charge is -2.09. The van der Waals surface area contributed by atoms with Crippen molar-refractivity contribution in [3.05, 3.63) is 35.4 Å². The predicted molar refractivity (Wildman–Crippen MR) is 63.0 cm³/mol. The van der Waals surface area contributed by atoms with E-state index in [9.17, 15) is 9.59 Å². The molecule has 0 saturated heterocycles. The molecule has 2 atom stereocenters. The van der Waals surface area contributed by atoms with Crippen molar-refractivity contribution in [1.29, 1.82) is 0 Å². The Morgan fingerprint density at radius 3 is 2.00 bits per heavy atom. The minimum absolute atomic E-state index is 0.433. The largest absolute Gasteiger partial charge is 0.481 e. The highest BCUT2D eigenvalue weighted by molar-refractivity contribution is 5.75. The van der Waals surface area contributed by atoms with Gasteiger partial charge in [0.05, 0.1) is 11.8 Å². The second-order valence-electron chi connectivity index (χ2n) is 4.24. The Balaban J connectivity index is 2.75. The van der Waals surface area contributed by atoms with Crippen molar-refractivity contribution < 1.29 is 19.8 Å². The Labute approximate surface area is 99.9 Å². The lowest BCUT2D eigenvalue weighted by Crippen LogP contribution is -2.12. The molecule has 0 fully saturated rings. The maximum atomic E-state index is 10.8. The molecule has 0 aliphatic rings. The summed E-state index contributed by atoms with van der Waals surface area (Å²) < 4.78 is 0. The molecule has 1 aromatic carbocycles. The average Bonchev–Trinajstić information content (AvgIpc) is 2.28. The van der Waals surface area contributed by atoms with E-state index in [-0.39, 0.29) is 0 Å². The number of carboxylic acid groups (broad SMARTS) is 2. The number of carbonyl (C=O) groups is 2. The van der Waals surface area contributed by atoms with Gasteiger partial charge in [-0.15, -0.1) is 0 Å². The van der Waals surface area contributed by atoms with Gasteiger partial charge in [0.15, 0.2) is 0 Å². The molecule has 0 heterocycles. The Morgan fingerprint density at radius 2 is 1.59 bits per heavy atom. The first kappa shape index (κ1) is 13.2. The van der Waals surface area contributed by atoms with Crippen molar-refractivity contribution >= 4 is 11.9 Å². The standard InChI is InChI=1S/C13H16O4/c1-8(12(14)15)7-10-3-5-11(6-4-10)9(2)13(16)17/h3-6,8-9H,7H2,1-2H3,(H,14,15)(H,16,17)/t8?,9-/m0/s1. The SMILES string of the molecule is CC(Cc1ccc([C@H](C)C(=O)O)cc1)C(=O)O. The second kappa shape index (κ2) is 5.48. The Bertz CT molecular complexity index is 408. The Hall–Kier alpha value is -1.84. The van der Waals surface area contributed by atoms with Crippen LogP contribution in [0, 0.1) is 5.92 Å². The molecule has 4 heteroatoms. The zero-order valence-corrected chi connectivity index (χ0v) is 9.88. The van der Waals surface area contributed by atoms with Gasteiger partial charge >= 0.3 is 11.9 Å². The molecule has 4 nitrogen and oxygen atoms in total. The highest BCUT2D eigenvalue weighted by Gasteiger charge is 2.14. The van der Waals surface area contributed by atoms with Crippen LogP contribution < -0.4 is 0 Å². The molecule has 17 heavy (non-hydrogen) atoms. The molecule has 0 aromatic heterocycles. The monoisotopic (exact) mass is 236 g/mol. The van der Waals surface area contributed by atoms with Gasteiger partial charge in [-0.2, -0.15) is 0 Å². The summed E-state index contributed by atoms with van der Waals surface area (Å²) >= 11 is 0. The van der Waals surface area contributed by atoms with E-state index < -0.39 is 23.8 Å². The number of rotatable bonds is 5. The van der Waals surface area contributed by atoms with Gasteiger partial charge in [0.1, 0.15) is 0 Å². The van der Waals surface area contributed by atoms with Crippen molar-refractivity contribution in [2.24, 2.45) is 5.92 Å². The third-order valence-electron chi connectivity index (χ3n) is 2.81. The summed E-state index contributed by atoms with van der Waals surface area (Å²) in [6.07, 6.45) is 0.455. The van der Waals surface area contributed by atoms with Gasteiger partial charge in [-0.05, 0) is 24.5 Å². The molecule has 1 rings (SSSR count). The predicted octanol–water partition coefficient (Wildman–Crippen LogP) is 2.14. The number of benzene rings is 1. The van der Waals surface area contributed by atoms with Gasteiger partial charge in [0, 0.05) is 0 Å². The fourth-order valence-electron chi connectivity index (χ4n) is 1.53. The summed E-state index contributed by atoms with van der Waals surface area (Å²) in [4.78, 5) is 21.5. The maximum absolute atomic E-state index is 10.8. The lowest BCUT2D eigenvalue weighted by atomic mass is 9.96. The first-order valence-electron chi connectivity index (χ1n) is 5.46. The quantitative estimate of drug-likeness (QED) is 0.821. The third-order valence-corrected chi connectivity index (χ3v) is 2.81. The van der Waals surface area contributed by atoms with Gasteiger partial charge in [-0.3, -0.25) is 9.59 Å². The highest BCUT2D eigenvalue weighted by Crippen LogP contribution is 2.17. The summed E-state index contributed by atoms with van der Waals surface area (Å²) in [5.74, 6) is -2.66. The van der Waals surface area contributed by atoms with E-state index in [1.165, 1.54) is 0 Å². The van der Waals surface area contributed by atoms with Gasteiger partial charge in [-0.1, -0.05) is 31.2 Å². The van der Waals surface area contributed by atoms with Crippen molar-refractivity contribution in [3.63, 3.8) is 0 Å². The van der Waals surface area contributed by atoms with Gasteiger partial charge in [-0.25, -0.2) is 0 Å². The van der Waals surface area contributed by atoms with Crippen LogP contribution in [-0.4, -0.2) is 22.2 Å². The fraction of sp³-hybridized carbons (Fsp3) is 0.385. The van der Waals surface area contributed by atoms with Crippen LogP contribution in [0.5, 0.6) is 0 Å². The first-order chi connectivity index (χ1) is 7.91. The molecule has 0 aliphatic carbocycles. The van der Waals surface area contributed by atoms with Crippen LogP contribution >= 0.6 is 0 Å². The van der Waals surface area contributed by atoms with Crippen molar-refractivity contribution in [1.82, 2.24) is 0 Å². The van der Waals surface area contributed by atoms with Crippen LogP contribution in [0.1, 0.15) is 30.9 Å². The minimum Gasteiger partial charge on any atom is -0.481 e. The molecule has 0 saturated carbocycles. The number of hydrogen-bond donors (Lipinski definition) is 2. The maximum Gasteiger partial charge on any atom is 0.310 e. The van der Waals surface area contributed by atoms with Gasteiger partial charge < -0.3 is 10.2 Å². The molecule has 0 radical (unpaired) electrons. The van der Waals surface area contributed by atoms with Crippen molar-refractivity contribution in [3.8, 4) is 0 Å². The Morgan fingerprint density at radius 1 is 1.06 bits per heavy atom. The van der Waals surface area contributed by atoms with E-state index in [0.29, 0.717) is 6.42 Å². The molecule has 0 spiro atoms. The number of carboxylic acids is 2. The topological polar surface area (TPSA) is 74.6 Å². The zero-order valence-electron chi connectivity index (χ0n) is 9.88. The van der Waals surface area contributed by atoms with Crippen LogP contribution in [0.15, 0.2) is 24.3 Å². The third kappa shape index (κ3) is 3.59. The lowest BCUT2D eigenvalue weighted by molar-refractivity contribution is -0.141. The summed E-state index contributed by atoms with van der Waals surface area (Å²) in [6.45, 7) is 3.27. The number of aliphatic carboxylic acids is 2. The molecule has 1 unspecified atom stereocenters. The van der Waals surface area contributed by atoms with Crippen LogP contribution in [0.4, 0.5) is 0 Å². The first-order valence-corrected chi connectivity index (χ1v) is 5.46. The van der Waals surface area contributed by atoms with Gasteiger partial charge in [0.25, 0.3) is 0 Å². The molecule has 2 N–H and O–H groups in total. The zero-order chi connectivity index (χ0) is 13.0. The van der Waals surface area contributed by atoms with Crippen molar-refractivity contribution in [2.45, 2.75) is 26.2 Å².